The second-order valence-corrected chi connectivity index (χ2v) is 5.69. The number of hydrogen-bond donors (Lipinski definition) is 0. The molecule has 2 aromatic rings. The van der Waals surface area contributed by atoms with Crippen molar-refractivity contribution in [2.45, 2.75) is 0 Å². The number of rotatable bonds is 3. The second kappa shape index (κ2) is 6.43. The molecule has 0 bridgehead atoms. The smallest absolute Gasteiger partial charge is 0.263 e. The lowest BCUT2D eigenvalue weighted by molar-refractivity contribution is -0.398. The molecule has 108 valence electrons. The highest BCUT2D eigenvalue weighted by atomic mass is 79.9. The lowest BCUT2D eigenvalue weighted by atomic mass is 10.2. The van der Waals surface area contributed by atoms with E-state index in [0.29, 0.717) is 20.2 Å². The molecule has 0 amide bonds. The van der Waals surface area contributed by atoms with E-state index < -0.39 is 16.4 Å². The van der Waals surface area contributed by atoms with Gasteiger partial charge in [-0.15, -0.1) is 0 Å². The van der Waals surface area contributed by atoms with Gasteiger partial charge < -0.3 is 5.11 Å². The summed E-state index contributed by atoms with van der Waals surface area (Å²) in [6.07, 6.45) is 1.25. The molecule has 2 rings (SSSR count). The molecule has 0 aliphatic rings. The van der Waals surface area contributed by atoms with E-state index in [1.165, 1.54) is 18.3 Å². The van der Waals surface area contributed by atoms with Gasteiger partial charge in [-0.3, -0.25) is 15.1 Å². The first kappa shape index (κ1) is 15.8. The molecule has 0 heterocycles. The number of aliphatic imine (C=N–C) groups is 1. The molecule has 0 radical (unpaired) electrons. The molecule has 0 unspecified atom stereocenters. The SMILES string of the molecule is O=[N+]([O-])c1cc(Br)cc(C=Nc2ccc(Cl)c(Cl)c2)c1[O-]. The van der Waals surface area contributed by atoms with E-state index in [4.69, 9.17) is 23.2 Å². The number of hydrogen-bond acceptors (Lipinski definition) is 4. The summed E-state index contributed by atoms with van der Waals surface area (Å²) in [7, 11) is 0. The molecular weight excluding hydrogens is 383 g/mol. The Morgan fingerprint density at radius 2 is 1.90 bits per heavy atom. The number of halogens is 3. The fraction of sp³-hybridized carbons (Fsp3) is 0. The van der Waals surface area contributed by atoms with Gasteiger partial charge in [0.15, 0.2) is 0 Å². The van der Waals surface area contributed by atoms with Crippen LogP contribution in [0.2, 0.25) is 10.0 Å². The van der Waals surface area contributed by atoms with Gasteiger partial charge in [0.1, 0.15) is 0 Å². The monoisotopic (exact) mass is 387 g/mol. The van der Waals surface area contributed by atoms with Crippen molar-refractivity contribution >= 4 is 56.7 Å². The fourth-order valence-electron chi connectivity index (χ4n) is 1.54. The summed E-state index contributed by atoms with van der Waals surface area (Å²) in [5, 5.41) is 23.4. The first-order valence-electron chi connectivity index (χ1n) is 5.52. The maximum Gasteiger partial charge on any atom is 0.263 e. The Hall–Kier alpha value is -1.63. The van der Waals surface area contributed by atoms with Gasteiger partial charge in [-0.2, -0.15) is 0 Å². The average Bonchev–Trinajstić information content (AvgIpc) is 2.42. The zero-order valence-electron chi connectivity index (χ0n) is 10.2. The Bertz CT molecular complexity index is 750. The van der Waals surface area contributed by atoms with Crippen LogP contribution < -0.4 is 5.11 Å². The van der Waals surface area contributed by atoms with Gasteiger partial charge in [-0.1, -0.05) is 39.1 Å². The molecule has 0 atom stereocenters. The highest BCUT2D eigenvalue weighted by molar-refractivity contribution is 9.10. The Morgan fingerprint density at radius 3 is 2.52 bits per heavy atom. The summed E-state index contributed by atoms with van der Waals surface area (Å²) in [5.41, 5.74) is 0.0635. The Morgan fingerprint density at radius 1 is 1.19 bits per heavy atom. The predicted molar refractivity (Wildman–Crippen MR) is 84.0 cm³/mol. The first-order valence-corrected chi connectivity index (χ1v) is 7.07. The molecule has 0 spiro atoms. The summed E-state index contributed by atoms with van der Waals surface area (Å²) in [5.74, 6) is -0.702. The highest BCUT2D eigenvalue weighted by Crippen LogP contribution is 2.31. The van der Waals surface area contributed by atoms with E-state index in [2.05, 4.69) is 20.9 Å². The van der Waals surface area contributed by atoms with Crippen molar-refractivity contribution in [1.29, 1.82) is 0 Å². The van der Waals surface area contributed by atoms with Gasteiger partial charge in [0.25, 0.3) is 5.69 Å². The van der Waals surface area contributed by atoms with Crippen molar-refractivity contribution in [2.24, 2.45) is 4.99 Å². The third-order valence-electron chi connectivity index (χ3n) is 2.52. The molecule has 21 heavy (non-hydrogen) atoms. The van der Waals surface area contributed by atoms with Crippen molar-refractivity contribution in [1.82, 2.24) is 0 Å². The molecule has 0 aliphatic heterocycles. The van der Waals surface area contributed by atoms with E-state index in [-0.39, 0.29) is 5.56 Å². The maximum absolute atomic E-state index is 11.9. The van der Waals surface area contributed by atoms with Crippen molar-refractivity contribution in [3.05, 3.63) is 60.5 Å². The second-order valence-electron chi connectivity index (χ2n) is 3.96. The fourth-order valence-corrected chi connectivity index (χ4v) is 2.30. The minimum absolute atomic E-state index is 0.0992. The quantitative estimate of drug-likeness (QED) is 0.441. The normalized spacial score (nSPS) is 11.0. The Labute approximate surface area is 138 Å². The molecule has 0 aliphatic carbocycles. The molecule has 8 heteroatoms. The van der Waals surface area contributed by atoms with Crippen LogP contribution in [0.3, 0.4) is 0 Å². The minimum atomic E-state index is -0.733. The third-order valence-corrected chi connectivity index (χ3v) is 3.71. The average molecular weight is 389 g/mol. The van der Waals surface area contributed by atoms with Crippen LogP contribution in [-0.2, 0) is 0 Å². The van der Waals surface area contributed by atoms with Crippen LogP contribution in [-0.4, -0.2) is 11.1 Å². The van der Waals surface area contributed by atoms with Crippen LogP contribution in [0.5, 0.6) is 5.75 Å². The van der Waals surface area contributed by atoms with Crippen LogP contribution in [0.4, 0.5) is 11.4 Å². The Balaban J connectivity index is 2.41. The number of nitro groups is 1. The van der Waals surface area contributed by atoms with E-state index >= 15 is 0 Å². The molecule has 0 aromatic heterocycles. The summed E-state index contributed by atoms with van der Waals surface area (Å²) in [6, 6.07) is 7.31. The van der Waals surface area contributed by atoms with Crippen molar-refractivity contribution in [2.75, 3.05) is 0 Å². The van der Waals surface area contributed by atoms with Crippen LogP contribution >= 0.6 is 39.1 Å². The molecular formula is C13H6BrCl2N2O3-. The van der Waals surface area contributed by atoms with E-state index in [1.807, 2.05) is 0 Å². The van der Waals surface area contributed by atoms with E-state index in [1.54, 1.807) is 12.1 Å². The lowest BCUT2D eigenvalue weighted by Gasteiger charge is -2.10. The van der Waals surface area contributed by atoms with Crippen molar-refractivity contribution in [3.8, 4) is 5.75 Å². The number of benzene rings is 2. The lowest BCUT2D eigenvalue weighted by Crippen LogP contribution is -2.02. The molecule has 2 aromatic carbocycles. The zero-order valence-corrected chi connectivity index (χ0v) is 13.3. The number of nitrogens with zero attached hydrogens (tertiary/aromatic N) is 2. The van der Waals surface area contributed by atoms with Crippen LogP contribution in [0.1, 0.15) is 5.56 Å². The van der Waals surface area contributed by atoms with Crippen LogP contribution in [0.25, 0.3) is 0 Å². The summed E-state index contributed by atoms with van der Waals surface area (Å²) < 4.78 is 0.421. The standard InChI is InChI=1S/C13H7BrCl2N2O3/c14-8-3-7(13(19)12(4-8)18(20)21)6-17-9-1-2-10(15)11(16)5-9/h1-6,19H/p-1. The van der Waals surface area contributed by atoms with E-state index in [0.717, 1.165) is 6.07 Å². The van der Waals surface area contributed by atoms with Gasteiger partial charge in [0, 0.05) is 16.8 Å². The topological polar surface area (TPSA) is 78.6 Å². The summed E-state index contributed by atoms with van der Waals surface area (Å²) in [4.78, 5) is 14.1. The van der Waals surface area contributed by atoms with Crippen LogP contribution in [0.15, 0.2) is 39.8 Å². The summed E-state index contributed by atoms with van der Waals surface area (Å²) >= 11 is 14.8. The van der Waals surface area contributed by atoms with Gasteiger partial charge in [-0.05, 0) is 35.6 Å². The molecule has 5 nitrogen and oxygen atoms in total. The van der Waals surface area contributed by atoms with Crippen molar-refractivity contribution in [3.63, 3.8) is 0 Å². The summed E-state index contributed by atoms with van der Waals surface area (Å²) in [6.45, 7) is 0. The van der Waals surface area contributed by atoms with Gasteiger partial charge >= 0.3 is 0 Å². The first-order chi connectivity index (χ1) is 9.88. The van der Waals surface area contributed by atoms with Gasteiger partial charge in [0.2, 0.25) is 0 Å². The maximum atomic E-state index is 11.9. The number of nitro benzene ring substituents is 1. The molecule has 0 N–H and O–H groups in total. The highest BCUT2D eigenvalue weighted by Gasteiger charge is 2.11. The predicted octanol–water partition coefficient (Wildman–Crippen LogP) is 4.49. The van der Waals surface area contributed by atoms with Crippen molar-refractivity contribution < 1.29 is 10.0 Å². The van der Waals surface area contributed by atoms with E-state index in [9.17, 15) is 15.2 Å². The van der Waals surface area contributed by atoms with Crippen LogP contribution in [0, 0.1) is 10.1 Å². The largest absolute Gasteiger partial charge is 0.867 e. The molecule has 0 saturated carbocycles. The minimum Gasteiger partial charge on any atom is -0.867 e. The molecule has 0 saturated heterocycles. The third kappa shape index (κ3) is 3.72. The molecule has 0 fully saturated rings. The Kier molecular flexibility index (Phi) is 4.82. The van der Waals surface area contributed by atoms with Gasteiger partial charge in [0.05, 0.1) is 20.7 Å². The zero-order chi connectivity index (χ0) is 15.6. The van der Waals surface area contributed by atoms with Gasteiger partial charge in [-0.25, -0.2) is 0 Å².